The molecule has 0 aliphatic heterocycles. The second-order valence-electron chi connectivity index (χ2n) is 5.38. The molecule has 0 bridgehead atoms. The van der Waals surface area contributed by atoms with E-state index in [0.29, 0.717) is 0 Å². The highest BCUT2D eigenvalue weighted by Gasteiger charge is 2.06. The molecule has 0 amide bonds. The molecule has 2 rings (SSSR count). The van der Waals surface area contributed by atoms with E-state index in [9.17, 15) is 0 Å². The molecule has 0 heterocycles. The SMILES string of the molecule is C/C=C\C=C(/CC)N(C)c1cccc(-c2ccc(OC)cc2)c1. The average Bonchev–Trinajstić information content (AvgIpc) is 2.62. The van der Waals surface area contributed by atoms with E-state index in [0.717, 1.165) is 12.2 Å². The molecule has 0 spiro atoms. The van der Waals surface area contributed by atoms with Crippen LogP contribution in [0, 0.1) is 0 Å². The standard InChI is InChI=1S/C21H25NO/c1-5-7-10-19(6-2)22(3)20-11-8-9-18(16-20)17-12-14-21(23-4)15-13-17/h5,7-16H,6H2,1-4H3/b7-5-,19-10+. The minimum absolute atomic E-state index is 0.879. The van der Waals surface area contributed by atoms with E-state index in [2.05, 4.69) is 73.5 Å². The lowest BCUT2D eigenvalue weighted by molar-refractivity contribution is 0.415. The number of benzene rings is 2. The summed E-state index contributed by atoms with van der Waals surface area (Å²) >= 11 is 0. The maximum atomic E-state index is 5.23. The normalized spacial score (nSPS) is 11.7. The third-order valence-corrected chi connectivity index (χ3v) is 3.93. The Morgan fingerprint density at radius 3 is 2.43 bits per heavy atom. The summed E-state index contributed by atoms with van der Waals surface area (Å²) in [6.07, 6.45) is 7.30. The van der Waals surface area contributed by atoms with Crippen LogP contribution >= 0.6 is 0 Å². The summed E-state index contributed by atoms with van der Waals surface area (Å²) in [4.78, 5) is 2.24. The largest absolute Gasteiger partial charge is 0.497 e. The molecule has 0 saturated carbocycles. The van der Waals surface area contributed by atoms with Crippen LogP contribution in [0.5, 0.6) is 5.75 Å². The zero-order valence-corrected chi connectivity index (χ0v) is 14.4. The molecule has 0 atom stereocenters. The third kappa shape index (κ3) is 4.26. The molecule has 0 unspecified atom stereocenters. The van der Waals surface area contributed by atoms with Gasteiger partial charge in [-0.25, -0.2) is 0 Å². The average molecular weight is 307 g/mol. The highest BCUT2D eigenvalue weighted by Crippen LogP contribution is 2.27. The molecule has 2 aromatic rings. The predicted octanol–water partition coefficient (Wildman–Crippen LogP) is 5.67. The number of ether oxygens (including phenoxy) is 1. The van der Waals surface area contributed by atoms with Crippen LogP contribution in [0.15, 0.2) is 72.5 Å². The summed E-state index contributed by atoms with van der Waals surface area (Å²) in [6, 6.07) is 16.8. The van der Waals surface area contributed by atoms with Crippen LogP contribution in [0.1, 0.15) is 20.3 Å². The molecule has 0 aromatic heterocycles. The predicted molar refractivity (Wildman–Crippen MR) is 100 cm³/mol. The molecule has 0 aliphatic rings. The van der Waals surface area contributed by atoms with Gasteiger partial charge >= 0.3 is 0 Å². The van der Waals surface area contributed by atoms with Gasteiger partial charge in [-0.1, -0.05) is 43.3 Å². The number of methoxy groups -OCH3 is 1. The van der Waals surface area contributed by atoms with Crippen molar-refractivity contribution in [3.8, 4) is 16.9 Å². The lowest BCUT2D eigenvalue weighted by Gasteiger charge is -2.22. The van der Waals surface area contributed by atoms with Gasteiger partial charge in [0.25, 0.3) is 0 Å². The van der Waals surface area contributed by atoms with Gasteiger partial charge in [-0.2, -0.15) is 0 Å². The fourth-order valence-electron chi connectivity index (χ4n) is 2.52. The summed E-state index contributed by atoms with van der Waals surface area (Å²) in [7, 11) is 3.81. The molecule has 0 fully saturated rings. The lowest BCUT2D eigenvalue weighted by Crippen LogP contribution is -2.15. The first kappa shape index (κ1) is 16.9. The number of allylic oxidation sites excluding steroid dienone is 4. The van der Waals surface area contributed by atoms with Crippen LogP contribution in [0.3, 0.4) is 0 Å². The summed E-state index contributed by atoms with van der Waals surface area (Å²) in [5.41, 5.74) is 4.88. The zero-order chi connectivity index (χ0) is 16.7. The highest BCUT2D eigenvalue weighted by molar-refractivity contribution is 5.70. The van der Waals surface area contributed by atoms with Gasteiger partial charge in [0.05, 0.1) is 7.11 Å². The van der Waals surface area contributed by atoms with E-state index in [-0.39, 0.29) is 0 Å². The van der Waals surface area contributed by atoms with Crippen molar-refractivity contribution in [3.05, 3.63) is 72.5 Å². The van der Waals surface area contributed by atoms with Gasteiger partial charge in [0.15, 0.2) is 0 Å². The Labute approximate surface area is 139 Å². The molecule has 0 aliphatic carbocycles. The summed E-state index contributed by atoms with van der Waals surface area (Å²) < 4.78 is 5.23. The molecule has 0 radical (unpaired) electrons. The topological polar surface area (TPSA) is 12.5 Å². The van der Waals surface area contributed by atoms with Crippen LogP contribution in [0.2, 0.25) is 0 Å². The summed E-state index contributed by atoms with van der Waals surface area (Å²) in [5, 5.41) is 0. The van der Waals surface area contributed by atoms with Crippen LogP contribution in [0.25, 0.3) is 11.1 Å². The smallest absolute Gasteiger partial charge is 0.118 e. The van der Waals surface area contributed by atoms with Crippen molar-refractivity contribution in [1.82, 2.24) is 0 Å². The second-order valence-corrected chi connectivity index (χ2v) is 5.38. The van der Waals surface area contributed by atoms with Gasteiger partial charge in [-0.3, -0.25) is 0 Å². The highest BCUT2D eigenvalue weighted by atomic mass is 16.5. The van der Waals surface area contributed by atoms with Gasteiger partial charge in [0.1, 0.15) is 5.75 Å². The molecule has 2 aromatic carbocycles. The van der Waals surface area contributed by atoms with E-state index in [4.69, 9.17) is 4.74 Å². The first-order valence-electron chi connectivity index (χ1n) is 7.99. The Morgan fingerprint density at radius 1 is 1.09 bits per heavy atom. The van der Waals surface area contributed by atoms with Crippen LogP contribution in [0.4, 0.5) is 5.69 Å². The van der Waals surface area contributed by atoms with E-state index in [1.165, 1.54) is 22.5 Å². The first-order valence-corrected chi connectivity index (χ1v) is 7.99. The van der Waals surface area contributed by atoms with Crippen LogP contribution < -0.4 is 9.64 Å². The Kier molecular flexibility index (Phi) is 6.04. The maximum absolute atomic E-state index is 5.23. The molecular weight excluding hydrogens is 282 g/mol. The monoisotopic (exact) mass is 307 g/mol. The van der Waals surface area contributed by atoms with E-state index in [1.807, 2.05) is 19.1 Å². The molecular formula is C21H25NO. The minimum Gasteiger partial charge on any atom is -0.497 e. The fourth-order valence-corrected chi connectivity index (χ4v) is 2.52. The van der Waals surface area contributed by atoms with Gasteiger partial charge in [0.2, 0.25) is 0 Å². The van der Waals surface area contributed by atoms with E-state index >= 15 is 0 Å². The van der Waals surface area contributed by atoms with Gasteiger partial charge in [0, 0.05) is 18.4 Å². The lowest BCUT2D eigenvalue weighted by atomic mass is 10.0. The first-order chi connectivity index (χ1) is 11.2. The van der Waals surface area contributed by atoms with Crippen molar-refractivity contribution in [2.24, 2.45) is 0 Å². The van der Waals surface area contributed by atoms with Crippen molar-refractivity contribution in [3.63, 3.8) is 0 Å². The summed E-state index contributed by atoms with van der Waals surface area (Å²) in [5.74, 6) is 0.879. The summed E-state index contributed by atoms with van der Waals surface area (Å²) in [6.45, 7) is 4.22. The molecule has 2 nitrogen and oxygen atoms in total. The Morgan fingerprint density at radius 2 is 1.83 bits per heavy atom. The Bertz CT molecular complexity index is 683. The van der Waals surface area contributed by atoms with E-state index < -0.39 is 0 Å². The number of anilines is 1. The molecule has 2 heteroatoms. The quantitative estimate of drug-likeness (QED) is 0.638. The number of rotatable bonds is 6. The molecule has 120 valence electrons. The van der Waals surface area contributed by atoms with Crippen molar-refractivity contribution < 1.29 is 4.74 Å². The number of hydrogen-bond donors (Lipinski definition) is 0. The van der Waals surface area contributed by atoms with Crippen LogP contribution in [-0.2, 0) is 0 Å². The molecule has 23 heavy (non-hydrogen) atoms. The van der Waals surface area contributed by atoms with Crippen molar-refractivity contribution in [2.75, 3.05) is 19.1 Å². The number of nitrogens with zero attached hydrogens (tertiary/aromatic N) is 1. The van der Waals surface area contributed by atoms with Crippen molar-refractivity contribution in [1.29, 1.82) is 0 Å². The molecule has 0 saturated heterocycles. The van der Waals surface area contributed by atoms with E-state index in [1.54, 1.807) is 7.11 Å². The van der Waals surface area contributed by atoms with Gasteiger partial charge in [-0.05, 0) is 54.8 Å². The third-order valence-electron chi connectivity index (χ3n) is 3.93. The molecule has 0 N–H and O–H groups in total. The van der Waals surface area contributed by atoms with Gasteiger partial charge < -0.3 is 9.64 Å². The van der Waals surface area contributed by atoms with Gasteiger partial charge in [-0.15, -0.1) is 0 Å². The number of hydrogen-bond acceptors (Lipinski definition) is 2. The second kappa shape index (κ2) is 8.23. The zero-order valence-electron chi connectivity index (χ0n) is 14.4. The Hall–Kier alpha value is -2.48. The minimum atomic E-state index is 0.879. The Balaban J connectivity index is 2.31. The van der Waals surface area contributed by atoms with Crippen LogP contribution in [-0.4, -0.2) is 14.2 Å². The van der Waals surface area contributed by atoms with Crippen molar-refractivity contribution >= 4 is 5.69 Å². The maximum Gasteiger partial charge on any atom is 0.118 e. The fraction of sp³-hybridized carbons (Fsp3) is 0.238. The van der Waals surface area contributed by atoms with Crippen molar-refractivity contribution in [2.45, 2.75) is 20.3 Å².